The summed E-state index contributed by atoms with van der Waals surface area (Å²) in [5, 5.41) is 10.3. The lowest BCUT2D eigenvalue weighted by atomic mass is 10.1. The number of alkyl halides is 5. The number of halogens is 5. The molecule has 0 bridgehead atoms. The predicted octanol–water partition coefficient (Wildman–Crippen LogP) is 8.02. The van der Waals surface area contributed by atoms with Gasteiger partial charge in [0, 0.05) is 47.2 Å². The standard InChI is InChI=1S/C26H23Cl2F3N6O2S2/c27-13-15-37(16-14-28)22-9-7-20(8-10-22)33-36-34-25-32-24(17-40-25)18-1-5-21(6-2-18)35-41(38,39)23-11-3-19(4-12-23)26(29,30)31/h1-12,17,35H,13-16H2,(H,32,33,34). The van der Waals surface area contributed by atoms with Gasteiger partial charge in [0.05, 0.1) is 21.8 Å². The zero-order valence-corrected chi connectivity index (χ0v) is 24.3. The van der Waals surface area contributed by atoms with E-state index in [0.29, 0.717) is 41.2 Å². The maximum absolute atomic E-state index is 12.8. The van der Waals surface area contributed by atoms with Crippen LogP contribution in [-0.2, 0) is 16.2 Å². The summed E-state index contributed by atoms with van der Waals surface area (Å²) < 4.78 is 65.8. The van der Waals surface area contributed by atoms with Crippen LogP contribution in [0.4, 0.5) is 35.4 Å². The van der Waals surface area contributed by atoms with Crippen molar-refractivity contribution in [3.05, 3.63) is 83.7 Å². The number of nitrogens with one attached hydrogen (secondary N) is 2. The summed E-state index contributed by atoms with van der Waals surface area (Å²) in [5.74, 6) is 0.992. The van der Waals surface area contributed by atoms with Gasteiger partial charge in [-0.1, -0.05) is 17.4 Å². The van der Waals surface area contributed by atoms with Crippen LogP contribution in [0.5, 0.6) is 0 Å². The summed E-state index contributed by atoms with van der Waals surface area (Å²) in [7, 11) is -4.07. The van der Waals surface area contributed by atoms with Crippen molar-refractivity contribution < 1.29 is 21.6 Å². The lowest BCUT2D eigenvalue weighted by Gasteiger charge is -2.22. The normalized spacial score (nSPS) is 12.0. The van der Waals surface area contributed by atoms with E-state index in [9.17, 15) is 21.6 Å². The first-order valence-corrected chi connectivity index (χ1v) is 15.4. The van der Waals surface area contributed by atoms with Crippen molar-refractivity contribution in [2.45, 2.75) is 11.1 Å². The van der Waals surface area contributed by atoms with E-state index in [4.69, 9.17) is 23.2 Å². The lowest BCUT2D eigenvalue weighted by Crippen LogP contribution is -2.27. The largest absolute Gasteiger partial charge is 0.416 e. The maximum atomic E-state index is 12.8. The number of rotatable bonds is 12. The lowest BCUT2D eigenvalue weighted by molar-refractivity contribution is -0.137. The number of nitrogens with zero attached hydrogens (tertiary/aromatic N) is 4. The average molecular weight is 644 g/mol. The Hall–Kier alpha value is -3.39. The van der Waals surface area contributed by atoms with Crippen molar-refractivity contribution in [2.24, 2.45) is 10.3 Å². The number of thiazole rings is 1. The Morgan fingerprint density at radius 3 is 2.07 bits per heavy atom. The van der Waals surface area contributed by atoms with Crippen LogP contribution in [0.2, 0.25) is 0 Å². The number of benzene rings is 3. The van der Waals surface area contributed by atoms with Crippen molar-refractivity contribution in [2.75, 3.05) is 39.9 Å². The van der Waals surface area contributed by atoms with Gasteiger partial charge in [-0.2, -0.15) is 13.2 Å². The first kappa shape index (κ1) is 30.6. The molecular formula is C26H23Cl2F3N6O2S2. The zero-order chi connectivity index (χ0) is 29.5. The maximum Gasteiger partial charge on any atom is 0.416 e. The Morgan fingerprint density at radius 2 is 1.49 bits per heavy atom. The number of hydrogen-bond acceptors (Lipinski definition) is 7. The fourth-order valence-corrected chi connectivity index (χ4v) is 5.75. The van der Waals surface area contributed by atoms with Crippen molar-refractivity contribution >= 4 is 66.8 Å². The minimum Gasteiger partial charge on any atom is -0.369 e. The molecule has 0 aliphatic carbocycles. The molecule has 41 heavy (non-hydrogen) atoms. The van der Waals surface area contributed by atoms with E-state index in [-0.39, 0.29) is 10.6 Å². The predicted molar refractivity (Wildman–Crippen MR) is 158 cm³/mol. The third kappa shape index (κ3) is 8.32. The van der Waals surface area contributed by atoms with E-state index in [1.54, 1.807) is 17.5 Å². The number of aromatic nitrogens is 1. The molecule has 0 aliphatic rings. The molecule has 0 amide bonds. The Bertz CT molecular complexity index is 1560. The summed E-state index contributed by atoms with van der Waals surface area (Å²) in [6.07, 6.45) is -4.55. The molecule has 0 spiro atoms. The molecule has 4 aromatic rings. The minimum absolute atomic E-state index is 0.243. The molecule has 8 nitrogen and oxygen atoms in total. The van der Waals surface area contributed by atoms with Crippen LogP contribution >= 0.6 is 34.5 Å². The minimum atomic E-state index is -4.55. The summed E-state index contributed by atoms with van der Waals surface area (Å²) in [5.41, 5.74) is 5.23. The van der Waals surface area contributed by atoms with Crippen LogP contribution in [0.1, 0.15) is 5.56 Å². The van der Waals surface area contributed by atoms with Gasteiger partial charge in [0.1, 0.15) is 0 Å². The molecule has 1 aromatic heterocycles. The second kappa shape index (κ2) is 13.5. The Morgan fingerprint density at radius 1 is 0.878 bits per heavy atom. The smallest absolute Gasteiger partial charge is 0.369 e. The number of anilines is 3. The number of hydrogen-bond donors (Lipinski definition) is 2. The van der Waals surface area contributed by atoms with Crippen LogP contribution in [0.25, 0.3) is 11.3 Å². The van der Waals surface area contributed by atoms with E-state index < -0.39 is 21.8 Å². The highest BCUT2D eigenvalue weighted by Gasteiger charge is 2.30. The quantitative estimate of drug-likeness (QED) is 0.0926. The third-order valence-corrected chi connectivity index (χ3v) is 8.13. The molecule has 15 heteroatoms. The molecule has 4 rings (SSSR count). The summed E-state index contributed by atoms with van der Waals surface area (Å²) in [4.78, 5) is 6.23. The molecule has 1 heterocycles. The van der Waals surface area contributed by atoms with Gasteiger partial charge in [0.2, 0.25) is 5.13 Å². The Kier molecular flexibility index (Phi) is 10.1. The molecule has 0 radical (unpaired) electrons. The Balaban J connectivity index is 1.35. The molecule has 216 valence electrons. The highest BCUT2D eigenvalue weighted by Crippen LogP contribution is 2.31. The molecule has 0 unspecified atom stereocenters. The van der Waals surface area contributed by atoms with Crippen molar-refractivity contribution in [3.8, 4) is 11.3 Å². The molecule has 3 aromatic carbocycles. The van der Waals surface area contributed by atoms with E-state index in [2.05, 4.69) is 30.4 Å². The second-order valence-corrected chi connectivity index (χ2v) is 11.7. The highest BCUT2D eigenvalue weighted by atomic mass is 35.5. The van der Waals surface area contributed by atoms with Gasteiger partial charge in [0.25, 0.3) is 10.0 Å². The van der Waals surface area contributed by atoms with Crippen LogP contribution in [0.3, 0.4) is 0 Å². The van der Waals surface area contributed by atoms with Gasteiger partial charge < -0.3 is 4.90 Å². The molecule has 0 fully saturated rings. The fraction of sp³-hybridized carbons (Fsp3) is 0.192. The summed E-state index contributed by atoms with van der Waals surface area (Å²) in [6, 6.07) is 17.3. The van der Waals surface area contributed by atoms with Crippen molar-refractivity contribution in [1.29, 1.82) is 0 Å². The first-order chi connectivity index (χ1) is 19.6. The van der Waals surface area contributed by atoms with Crippen LogP contribution in [-0.4, -0.2) is 38.3 Å². The van der Waals surface area contributed by atoms with Gasteiger partial charge in [-0.3, -0.25) is 10.1 Å². The third-order valence-electron chi connectivity index (χ3n) is 5.67. The molecule has 0 saturated heterocycles. The summed E-state index contributed by atoms with van der Waals surface area (Å²) >= 11 is 13.0. The topological polar surface area (TPSA) is 99.0 Å². The van der Waals surface area contributed by atoms with Gasteiger partial charge in [0.15, 0.2) is 0 Å². The molecule has 0 atom stereocenters. The van der Waals surface area contributed by atoms with E-state index >= 15 is 0 Å². The van der Waals surface area contributed by atoms with E-state index in [1.165, 1.54) is 23.5 Å². The van der Waals surface area contributed by atoms with E-state index in [0.717, 1.165) is 35.6 Å². The van der Waals surface area contributed by atoms with Crippen molar-refractivity contribution in [3.63, 3.8) is 0 Å². The van der Waals surface area contributed by atoms with Gasteiger partial charge in [-0.15, -0.1) is 39.7 Å². The molecule has 0 aliphatic heterocycles. The van der Waals surface area contributed by atoms with Gasteiger partial charge >= 0.3 is 6.18 Å². The zero-order valence-electron chi connectivity index (χ0n) is 21.1. The van der Waals surface area contributed by atoms with Crippen LogP contribution in [0, 0.1) is 0 Å². The summed E-state index contributed by atoms with van der Waals surface area (Å²) in [6.45, 7) is 1.38. The Labute approximate surface area is 248 Å². The average Bonchev–Trinajstić information content (AvgIpc) is 3.42. The van der Waals surface area contributed by atoms with Crippen LogP contribution in [0.15, 0.2) is 93.4 Å². The highest BCUT2D eigenvalue weighted by molar-refractivity contribution is 7.92. The van der Waals surface area contributed by atoms with Crippen molar-refractivity contribution in [1.82, 2.24) is 4.98 Å². The molecule has 0 saturated carbocycles. The molecular weight excluding hydrogens is 620 g/mol. The van der Waals surface area contributed by atoms with Gasteiger partial charge in [-0.05, 0) is 60.7 Å². The van der Waals surface area contributed by atoms with Crippen LogP contribution < -0.4 is 15.0 Å². The molecule has 2 N–H and O–H groups in total. The second-order valence-electron chi connectivity index (χ2n) is 8.44. The first-order valence-electron chi connectivity index (χ1n) is 12.0. The van der Waals surface area contributed by atoms with E-state index in [1.807, 2.05) is 24.3 Å². The fourth-order valence-electron chi connectivity index (χ4n) is 3.64. The monoisotopic (exact) mass is 642 g/mol. The van der Waals surface area contributed by atoms with Gasteiger partial charge in [-0.25, -0.2) is 13.4 Å². The number of sulfonamides is 1. The SMILES string of the molecule is O=S(=O)(Nc1ccc(-c2csc(N=NNc3ccc(N(CCCl)CCCl)cc3)n2)cc1)c1ccc(C(F)(F)F)cc1.